The highest BCUT2D eigenvalue weighted by molar-refractivity contribution is 6.05. The minimum atomic E-state index is -0.359. The summed E-state index contributed by atoms with van der Waals surface area (Å²) in [6.45, 7) is 10.0. The van der Waals surface area contributed by atoms with Gasteiger partial charge in [0, 0.05) is 37.4 Å². The second-order valence-corrected chi connectivity index (χ2v) is 9.05. The maximum Gasteiger partial charge on any atom is 0.263 e. The van der Waals surface area contributed by atoms with Crippen molar-refractivity contribution in [1.29, 1.82) is 0 Å². The van der Waals surface area contributed by atoms with Crippen molar-refractivity contribution >= 4 is 23.3 Å². The molecule has 1 spiro atoms. The maximum atomic E-state index is 13.1. The number of amides is 1. The second kappa shape index (κ2) is 8.58. The predicted octanol–water partition coefficient (Wildman–Crippen LogP) is 2.37. The topological polar surface area (TPSA) is 110 Å². The Kier molecular flexibility index (Phi) is 5.61. The molecule has 0 aromatic carbocycles. The van der Waals surface area contributed by atoms with Crippen LogP contribution in [0.4, 0.5) is 11.8 Å². The third-order valence-electron chi connectivity index (χ3n) is 6.52. The van der Waals surface area contributed by atoms with Crippen LogP contribution in [0.3, 0.4) is 0 Å². The fourth-order valence-electron chi connectivity index (χ4n) is 4.91. The van der Waals surface area contributed by atoms with E-state index in [1.54, 1.807) is 12.4 Å². The minimum Gasteiger partial charge on any atom is -0.477 e. The number of anilines is 2. The van der Waals surface area contributed by atoms with Crippen molar-refractivity contribution in [3.63, 3.8) is 0 Å². The first kappa shape index (κ1) is 21.6. The van der Waals surface area contributed by atoms with Crippen LogP contribution < -0.4 is 20.3 Å². The van der Waals surface area contributed by atoms with Gasteiger partial charge in [0.05, 0.1) is 24.2 Å². The summed E-state index contributed by atoms with van der Waals surface area (Å²) >= 11 is 0. The number of hydrogen-bond acceptors (Lipinski definition) is 8. The van der Waals surface area contributed by atoms with Crippen LogP contribution in [0, 0.1) is 19.3 Å². The van der Waals surface area contributed by atoms with E-state index in [4.69, 9.17) is 4.74 Å². The van der Waals surface area contributed by atoms with Crippen molar-refractivity contribution in [1.82, 2.24) is 29.7 Å². The van der Waals surface area contributed by atoms with E-state index < -0.39 is 0 Å². The van der Waals surface area contributed by atoms with Gasteiger partial charge in [-0.1, -0.05) is 0 Å². The Labute approximate surface area is 192 Å². The first-order chi connectivity index (χ1) is 16.0. The molecule has 3 aromatic heterocycles. The number of hydrogen-bond donors (Lipinski definition) is 2. The zero-order valence-electron chi connectivity index (χ0n) is 19.4. The third kappa shape index (κ3) is 4.22. The Bertz CT molecular complexity index is 1180. The Morgan fingerprint density at radius 3 is 2.91 bits per heavy atom. The van der Waals surface area contributed by atoms with Gasteiger partial charge in [0.1, 0.15) is 11.4 Å². The molecule has 0 saturated carbocycles. The summed E-state index contributed by atoms with van der Waals surface area (Å²) in [5, 5.41) is 6.38. The number of fused-ring (bicyclic) bond motifs is 1. The molecule has 0 radical (unpaired) electrons. The van der Waals surface area contributed by atoms with Crippen LogP contribution >= 0.6 is 0 Å². The van der Waals surface area contributed by atoms with Gasteiger partial charge in [-0.05, 0) is 46.6 Å². The Morgan fingerprint density at radius 2 is 2.12 bits per heavy atom. The molecule has 1 unspecified atom stereocenters. The van der Waals surface area contributed by atoms with Crippen molar-refractivity contribution < 1.29 is 9.53 Å². The highest BCUT2D eigenvalue weighted by Gasteiger charge is 2.40. The predicted molar refractivity (Wildman–Crippen MR) is 125 cm³/mol. The van der Waals surface area contributed by atoms with E-state index in [0.29, 0.717) is 24.3 Å². The molecule has 0 aliphatic carbocycles. The molecule has 10 heteroatoms. The van der Waals surface area contributed by atoms with Crippen molar-refractivity contribution in [2.24, 2.45) is 5.41 Å². The largest absolute Gasteiger partial charge is 0.477 e. The normalized spacial score (nSPS) is 20.5. The van der Waals surface area contributed by atoms with E-state index in [9.17, 15) is 4.79 Å². The number of rotatable bonds is 5. The summed E-state index contributed by atoms with van der Waals surface area (Å²) in [4.78, 5) is 33.4. The second-order valence-electron chi connectivity index (χ2n) is 9.05. The van der Waals surface area contributed by atoms with E-state index in [1.807, 2.05) is 31.4 Å². The molecule has 5 heterocycles. The smallest absolute Gasteiger partial charge is 0.263 e. The number of nitrogens with one attached hydrogen (secondary N) is 2. The Hall–Kier alpha value is -3.27. The summed E-state index contributed by atoms with van der Waals surface area (Å²) in [7, 11) is 0. The van der Waals surface area contributed by atoms with Gasteiger partial charge in [-0.2, -0.15) is 4.98 Å². The van der Waals surface area contributed by atoms with Crippen LogP contribution in [-0.4, -0.2) is 63.0 Å². The standard InChI is InChI=1S/C23H30N8O2/c1-4-33-21-17(20(32)28-18-12-31-11-15(2)26-19(31)16(3)27-18)10-25-22(29-21)30-9-7-23(14-30)6-5-8-24-13-23/h10-12,24H,4-9,13-14H2,1-3H3,(H,28,32). The van der Waals surface area contributed by atoms with Gasteiger partial charge in [-0.25, -0.2) is 15.0 Å². The van der Waals surface area contributed by atoms with E-state index in [-0.39, 0.29) is 16.9 Å². The Balaban J connectivity index is 1.37. The van der Waals surface area contributed by atoms with Crippen molar-refractivity contribution in [2.45, 2.75) is 40.0 Å². The van der Waals surface area contributed by atoms with Gasteiger partial charge in [-0.3, -0.25) is 4.79 Å². The average molecular weight is 451 g/mol. The molecule has 2 aliphatic rings. The molecule has 5 rings (SSSR count). The Morgan fingerprint density at radius 1 is 1.24 bits per heavy atom. The first-order valence-corrected chi connectivity index (χ1v) is 11.6. The molecule has 2 saturated heterocycles. The maximum absolute atomic E-state index is 13.1. The lowest BCUT2D eigenvalue weighted by Crippen LogP contribution is -2.42. The van der Waals surface area contributed by atoms with Crippen molar-refractivity contribution in [3.8, 4) is 5.88 Å². The summed E-state index contributed by atoms with van der Waals surface area (Å²) in [6.07, 6.45) is 8.75. The summed E-state index contributed by atoms with van der Waals surface area (Å²) in [6, 6.07) is 0. The van der Waals surface area contributed by atoms with Gasteiger partial charge in [0.25, 0.3) is 5.91 Å². The van der Waals surface area contributed by atoms with Gasteiger partial charge < -0.3 is 24.7 Å². The monoisotopic (exact) mass is 450 g/mol. The molecule has 0 bridgehead atoms. The third-order valence-corrected chi connectivity index (χ3v) is 6.52. The molecular weight excluding hydrogens is 420 g/mol. The number of carbonyl (C=O) groups is 1. The molecule has 1 atom stereocenters. The summed E-state index contributed by atoms with van der Waals surface area (Å²) in [5.41, 5.74) is 2.97. The molecular formula is C23H30N8O2. The van der Waals surface area contributed by atoms with Crippen LogP contribution in [0.1, 0.15) is 47.9 Å². The lowest BCUT2D eigenvalue weighted by molar-refractivity contribution is 0.102. The molecule has 33 heavy (non-hydrogen) atoms. The molecule has 2 aliphatic heterocycles. The van der Waals surface area contributed by atoms with Crippen LogP contribution in [-0.2, 0) is 0 Å². The highest BCUT2D eigenvalue weighted by atomic mass is 16.5. The molecule has 174 valence electrons. The zero-order valence-corrected chi connectivity index (χ0v) is 19.4. The van der Waals surface area contributed by atoms with E-state index >= 15 is 0 Å². The number of nitrogens with zero attached hydrogens (tertiary/aromatic N) is 6. The lowest BCUT2D eigenvalue weighted by Gasteiger charge is -2.33. The van der Waals surface area contributed by atoms with Crippen LogP contribution in [0.15, 0.2) is 18.6 Å². The van der Waals surface area contributed by atoms with E-state index in [2.05, 4.69) is 35.5 Å². The van der Waals surface area contributed by atoms with Crippen LogP contribution in [0.2, 0.25) is 0 Å². The van der Waals surface area contributed by atoms with Gasteiger partial charge in [0.15, 0.2) is 5.65 Å². The van der Waals surface area contributed by atoms with Crippen molar-refractivity contribution in [3.05, 3.63) is 35.5 Å². The molecule has 2 fully saturated rings. The summed E-state index contributed by atoms with van der Waals surface area (Å²) in [5.74, 6) is 0.975. The van der Waals surface area contributed by atoms with Crippen molar-refractivity contribution in [2.75, 3.05) is 43.0 Å². The molecule has 3 aromatic rings. The van der Waals surface area contributed by atoms with Gasteiger partial charge >= 0.3 is 0 Å². The van der Waals surface area contributed by atoms with E-state index in [1.165, 1.54) is 12.8 Å². The number of ether oxygens (including phenoxy) is 1. The highest BCUT2D eigenvalue weighted by Crippen LogP contribution is 2.38. The fraction of sp³-hybridized carbons (Fsp3) is 0.522. The minimum absolute atomic E-state index is 0.287. The number of aryl methyl sites for hydroxylation is 2. The van der Waals surface area contributed by atoms with Gasteiger partial charge in [-0.15, -0.1) is 0 Å². The molecule has 1 amide bonds. The SMILES string of the molecule is CCOc1nc(N2CCC3(CCCNC3)C2)ncc1C(=O)Nc1cn2cc(C)nc2c(C)n1. The molecule has 10 nitrogen and oxygen atoms in total. The average Bonchev–Trinajstić information content (AvgIpc) is 3.38. The van der Waals surface area contributed by atoms with Crippen LogP contribution in [0.25, 0.3) is 5.65 Å². The van der Waals surface area contributed by atoms with Gasteiger partial charge in [0.2, 0.25) is 11.8 Å². The van der Waals surface area contributed by atoms with E-state index in [0.717, 1.165) is 49.6 Å². The zero-order chi connectivity index (χ0) is 23.0. The fourth-order valence-corrected chi connectivity index (χ4v) is 4.91. The number of carbonyl (C=O) groups excluding carboxylic acids is 1. The number of imidazole rings is 1. The van der Waals surface area contributed by atoms with Crippen LogP contribution in [0.5, 0.6) is 5.88 Å². The lowest BCUT2D eigenvalue weighted by atomic mass is 9.80. The summed E-state index contributed by atoms with van der Waals surface area (Å²) < 4.78 is 7.60. The number of piperidine rings is 1. The first-order valence-electron chi connectivity index (χ1n) is 11.6. The number of aromatic nitrogens is 5. The molecule has 2 N–H and O–H groups in total. The quantitative estimate of drug-likeness (QED) is 0.610.